The maximum atomic E-state index is 13.9. The van der Waals surface area contributed by atoms with Crippen LogP contribution in [0.4, 0.5) is 4.39 Å². The quantitative estimate of drug-likeness (QED) is 0.267. The number of methoxy groups -OCH3 is 1. The van der Waals surface area contributed by atoms with Crippen LogP contribution in [-0.2, 0) is 17.9 Å². The number of aliphatic hydroxyl groups excluding tert-OH is 1. The van der Waals surface area contributed by atoms with Gasteiger partial charge in [-0.3, -0.25) is 18.9 Å². The Bertz CT molecular complexity index is 1610. The monoisotopic (exact) mass is 520 g/mol. The van der Waals surface area contributed by atoms with E-state index in [1.807, 2.05) is 30.3 Å². The molecule has 2 aromatic carbocycles. The molecular weight excluding hydrogens is 491 g/mol. The lowest BCUT2D eigenvalue weighted by atomic mass is 10.1. The highest BCUT2D eigenvalue weighted by Crippen LogP contribution is 2.27. The molecule has 0 aliphatic rings. The van der Waals surface area contributed by atoms with E-state index in [-0.39, 0.29) is 41.8 Å². The molecule has 198 valence electrons. The van der Waals surface area contributed by atoms with Gasteiger partial charge in [-0.05, 0) is 51.1 Å². The fourth-order valence-corrected chi connectivity index (χ4v) is 4.01. The highest BCUT2D eigenvalue weighted by atomic mass is 19.1. The summed E-state index contributed by atoms with van der Waals surface area (Å²) < 4.78 is 21.4. The van der Waals surface area contributed by atoms with E-state index in [1.165, 1.54) is 30.0 Å². The number of nitrogens with zero attached hydrogens (tertiary/aromatic N) is 4. The normalized spacial score (nSPS) is 12.7. The van der Waals surface area contributed by atoms with E-state index in [4.69, 9.17) is 9.57 Å². The highest BCUT2D eigenvalue weighted by Gasteiger charge is 2.20. The number of para-hydroxylation sites is 1. The van der Waals surface area contributed by atoms with Gasteiger partial charge in [0.1, 0.15) is 23.8 Å². The summed E-state index contributed by atoms with van der Waals surface area (Å²) in [6, 6.07) is 14.9. The van der Waals surface area contributed by atoms with Gasteiger partial charge < -0.3 is 14.7 Å². The Labute approximate surface area is 218 Å². The smallest absolute Gasteiger partial charge is 0.331 e. The molecule has 2 aromatic heterocycles. The topological polar surface area (TPSA) is 108 Å². The van der Waals surface area contributed by atoms with Gasteiger partial charge in [-0.15, -0.1) is 0 Å². The first-order chi connectivity index (χ1) is 18.2. The van der Waals surface area contributed by atoms with E-state index in [1.54, 1.807) is 26.8 Å². The van der Waals surface area contributed by atoms with Crippen molar-refractivity contribution >= 4 is 16.6 Å². The molecule has 0 radical (unpaired) electrons. The fourth-order valence-electron chi connectivity index (χ4n) is 4.01. The Morgan fingerprint density at radius 3 is 2.63 bits per heavy atom. The van der Waals surface area contributed by atoms with Crippen LogP contribution in [0.5, 0.6) is 5.75 Å². The Balaban J connectivity index is 1.81. The first-order valence-corrected chi connectivity index (χ1v) is 12.1. The summed E-state index contributed by atoms with van der Waals surface area (Å²) in [7, 11) is 1.40. The molecule has 0 saturated carbocycles. The first-order valence-electron chi connectivity index (χ1n) is 12.1. The minimum Gasteiger partial charge on any atom is -0.496 e. The average Bonchev–Trinajstić information content (AvgIpc) is 2.91. The van der Waals surface area contributed by atoms with Crippen molar-refractivity contribution in [3.63, 3.8) is 0 Å². The van der Waals surface area contributed by atoms with Crippen molar-refractivity contribution in [1.29, 1.82) is 0 Å². The van der Waals surface area contributed by atoms with E-state index in [9.17, 15) is 19.1 Å². The van der Waals surface area contributed by atoms with Crippen molar-refractivity contribution in [2.75, 3.05) is 7.11 Å². The highest BCUT2D eigenvalue weighted by molar-refractivity contribution is 5.97. The van der Waals surface area contributed by atoms with E-state index in [0.717, 1.165) is 21.5 Å². The van der Waals surface area contributed by atoms with E-state index in [0.29, 0.717) is 5.69 Å². The van der Waals surface area contributed by atoms with Crippen LogP contribution in [0.25, 0.3) is 10.9 Å². The van der Waals surface area contributed by atoms with Crippen molar-refractivity contribution in [2.24, 2.45) is 5.16 Å². The van der Waals surface area contributed by atoms with Crippen LogP contribution in [0, 0.1) is 5.82 Å². The zero-order chi connectivity index (χ0) is 27.4. The average molecular weight is 521 g/mol. The molecule has 1 N–H and O–H groups in total. The number of halogens is 1. The number of pyridine rings is 1. The van der Waals surface area contributed by atoms with Crippen molar-refractivity contribution in [1.82, 2.24) is 14.1 Å². The molecule has 10 heteroatoms. The van der Waals surface area contributed by atoms with Crippen LogP contribution in [0.1, 0.15) is 43.7 Å². The molecule has 4 rings (SSSR count). The number of benzene rings is 2. The zero-order valence-electron chi connectivity index (χ0n) is 21.6. The number of fused-ring (bicyclic) bond motifs is 1. The van der Waals surface area contributed by atoms with Gasteiger partial charge in [0.05, 0.1) is 42.7 Å². The number of ether oxygens (including phenoxy) is 1. The maximum Gasteiger partial charge on any atom is 0.331 e. The molecule has 38 heavy (non-hydrogen) atoms. The van der Waals surface area contributed by atoms with E-state index < -0.39 is 23.2 Å². The first kappa shape index (κ1) is 26.7. The minimum absolute atomic E-state index is 0.103. The van der Waals surface area contributed by atoms with Crippen molar-refractivity contribution in [3.8, 4) is 5.75 Å². The van der Waals surface area contributed by atoms with Gasteiger partial charge in [0.25, 0.3) is 5.56 Å². The van der Waals surface area contributed by atoms with Crippen LogP contribution < -0.4 is 16.0 Å². The second-order valence-electron chi connectivity index (χ2n) is 9.10. The van der Waals surface area contributed by atoms with Crippen LogP contribution in [0.3, 0.4) is 0 Å². The Morgan fingerprint density at radius 2 is 1.89 bits per heavy atom. The van der Waals surface area contributed by atoms with Gasteiger partial charge in [0.15, 0.2) is 0 Å². The third-order valence-electron chi connectivity index (χ3n) is 5.92. The second-order valence-corrected chi connectivity index (χ2v) is 9.10. The molecular formula is C28H29FN4O5. The SMILES string of the molecule is COc1ccc(F)cc1C(O)Cn1cc(/C(C)=N/OC(C)C)c(=O)n(Cc2ccc3ccccc3n2)c1=O. The molecule has 0 spiro atoms. The number of hydrogen-bond acceptors (Lipinski definition) is 7. The second kappa shape index (κ2) is 11.4. The summed E-state index contributed by atoms with van der Waals surface area (Å²) in [5.41, 5.74) is 0.537. The van der Waals surface area contributed by atoms with Crippen LogP contribution in [-0.4, -0.2) is 38.2 Å². The maximum absolute atomic E-state index is 13.9. The molecule has 0 bridgehead atoms. The standard InChI is InChI=1S/C28H29FN4O5/c1-17(2)38-31-18(3)23-15-32(16-25(34)22-13-20(29)10-12-26(22)37-4)28(36)33(27(23)35)14-21-11-9-19-7-5-6-8-24(19)30-21/h5-13,15,17,25,34H,14,16H2,1-4H3/b31-18+. The van der Waals surface area contributed by atoms with Crippen LogP contribution in [0.15, 0.2) is 75.5 Å². The lowest BCUT2D eigenvalue weighted by molar-refractivity contribution is 0.0859. The summed E-state index contributed by atoms with van der Waals surface area (Å²) in [6.45, 7) is 4.82. The van der Waals surface area contributed by atoms with Crippen molar-refractivity contribution in [3.05, 3.63) is 104 Å². The predicted molar refractivity (Wildman–Crippen MR) is 142 cm³/mol. The number of aliphatic hydroxyl groups is 1. The van der Waals surface area contributed by atoms with E-state index in [2.05, 4.69) is 10.1 Å². The third-order valence-corrected chi connectivity index (χ3v) is 5.92. The largest absolute Gasteiger partial charge is 0.496 e. The molecule has 0 amide bonds. The number of oxime groups is 1. The zero-order valence-corrected chi connectivity index (χ0v) is 21.6. The lowest BCUT2D eigenvalue weighted by Gasteiger charge is -2.18. The predicted octanol–water partition coefficient (Wildman–Crippen LogP) is 3.64. The van der Waals surface area contributed by atoms with Crippen molar-refractivity contribution in [2.45, 2.75) is 46.1 Å². The van der Waals surface area contributed by atoms with Crippen LogP contribution >= 0.6 is 0 Å². The van der Waals surface area contributed by atoms with Gasteiger partial charge in [0, 0.05) is 17.1 Å². The van der Waals surface area contributed by atoms with Gasteiger partial charge in [-0.2, -0.15) is 0 Å². The van der Waals surface area contributed by atoms with Gasteiger partial charge in [-0.1, -0.05) is 29.4 Å². The molecule has 1 atom stereocenters. The summed E-state index contributed by atoms with van der Waals surface area (Å²) in [5.74, 6) is -0.294. The molecule has 1 unspecified atom stereocenters. The number of hydrogen-bond donors (Lipinski definition) is 1. The number of aromatic nitrogens is 3. The molecule has 0 fully saturated rings. The fraction of sp³-hybridized carbons (Fsp3) is 0.286. The molecule has 4 aromatic rings. The van der Waals surface area contributed by atoms with Gasteiger partial charge in [0.2, 0.25) is 0 Å². The molecule has 2 heterocycles. The summed E-state index contributed by atoms with van der Waals surface area (Å²) in [6.07, 6.45) is -0.200. The minimum atomic E-state index is -1.31. The number of rotatable bonds is 9. The molecule has 9 nitrogen and oxygen atoms in total. The van der Waals surface area contributed by atoms with Gasteiger partial charge in [-0.25, -0.2) is 9.18 Å². The van der Waals surface area contributed by atoms with Crippen molar-refractivity contribution < 1.29 is 19.1 Å². The summed E-state index contributed by atoms with van der Waals surface area (Å²) in [4.78, 5) is 36.9. The summed E-state index contributed by atoms with van der Waals surface area (Å²) in [5, 5.41) is 15.9. The van der Waals surface area contributed by atoms with E-state index >= 15 is 0 Å². The Kier molecular flexibility index (Phi) is 8.02. The molecule has 0 aliphatic carbocycles. The summed E-state index contributed by atoms with van der Waals surface area (Å²) >= 11 is 0. The van der Waals surface area contributed by atoms with Gasteiger partial charge >= 0.3 is 5.69 Å². The molecule has 0 saturated heterocycles. The third kappa shape index (κ3) is 5.81. The lowest BCUT2D eigenvalue weighted by Crippen LogP contribution is -2.43. The van der Waals surface area contributed by atoms with Crippen LogP contribution in [0.2, 0.25) is 0 Å². The Hall–Kier alpha value is -4.31. The molecule has 0 aliphatic heterocycles. The Morgan fingerprint density at radius 1 is 1.13 bits per heavy atom.